The molecule has 3 heteroatoms. The zero-order valence-corrected chi connectivity index (χ0v) is 10.9. The minimum absolute atomic E-state index is 0.377. The van der Waals surface area contributed by atoms with Gasteiger partial charge in [-0.05, 0) is 42.5 Å². The molecule has 92 valence electrons. The van der Waals surface area contributed by atoms with Gasteiger partial charge in [-0.2, -0.15) is 0 Å². The molecule has 1 unspecified atom stereocenters. The van der Waals surface area contributed by atoms with Gasteiger partial charge in [0.2, 0.25) is 0 Å². The summed E-state index contributed by atoms with van der Waals surface area (Å²) in [5.41, 5.74) is 3.13. The molecule has 1 aliphatic carbocycles. The van der Waals surface area contributed by atoms with E-state index in [1.54, 1.807) is 11.1 Å². The Labute approximate surface area is 107 Å². The Morgan fingerprint density at radius 2 is 2.24 bits per heavy atom. The van der Waals surface area contributed by atoms with Gasteiger partial charge < -0.3 is 10.1 Å². The Kier molecular flexibility index (Phi) is 3.69. The zero-order chi connectivity index (χ0) is 11.5. The van der Waals surface area contributed by atoms with Crippen LogP contribution in [-0.2, 0) is 17.6 Å². The Morgan fingerprint density at radius 1 is 1.29 bits per heavy atom. The maximum Gasteiger partial charge on any atom is 0.0793 e. The molecule has 17 heavy (non-hydrogen) atoms. The smallest absolute Gasteiger partial charge is 0.0793 e. The third kappa shape index (κ3) is 2.84. The summed E-state index contributed by atoms with van der Waals surface area (Å²) in [4.78, 5) is 1.40. The molecule has 0 radical (unpaired) electrons. The van der Waals surface area contributed by atoms with E-state index in [1.165, 1.54) is 24.2 Å². The number of hydrogen-bond donors (Lipinski definition) is 1. The Hall–Kier alpha value is -0.510. The fourth-order valence-corrected chi connectivity index (χ4v) is 3.54. The summed E-state index contributed by atoms with van der Waals surface area (Å²) in [6.45, 7) is 2.85. The fourth-order valence-electron chi connectivity index (χ4n) is 2.55. The van der Waals surface area contributed by atoms with E-state index in [-0.39, 0.29) is 0 Å². The van der Waals surface area contributed by atoms with Crippen LogP contribution in [0.4, 0.5) is 0 Å². The van der Waals surface area contributed by atoms with Crippen LogP contribution in [0.2, 0.25) is 0 Å². The first-order valence-corrected chi connectivity index (χ1v) is 7.47. The van der Waals surface area contributed by atoms with Gasteiger partial charge in [0.1, 0.15) is 0 Å². The maximum atomic E-state index is 5.71. The lowest BCUT2D eigenvalue weighted by molar-refractivity contribution is 0.0441. The number of morpholine rings is 1. The third-order valence-corrected chi connectivity index (χ3v) is 4.64. The lowest BCUT2D eigenvalue weighted by Crippen LogP contribution is -2.39. The van der Waals surface area contributed by atoms with Crippen molar-refractivity contribution in [2.75, 3.05) is 25.4 Å². The van der Waals surface area contributed by atoms with Gasteiger partial charge in [-0.25, -0.2) is 0 Å². The summed E-state index contributed by atoms with van der Waals surface area (Å²) in [5.74, 6) is 1.06. The molecule has 1 N–H and O–H groups in total. The number of hydrogen-bond acceptors (Lipinski definition) is 3. The van der Waals surface area contributed by atoms with Gasteiger partial charge in [0.05, 0.1) is 12.7 Å². The standard InChI is InChI=1S/C14H19NOS/c1-2-11-4-5-14(8-12(11)3-1)17-10-13-9-15-6-7-16-13/h4-5,8,13,15H,1-3,6-7,9-10H2. The van der Waals surface area contributed by atoms with Crippen molar-refractivity contribution in [1.82, 2.24) is 5.32 Å². The molecular formula is C14H19NOS. The van der Waals surface area contributed by atoms with Crippen LogP contribution in [0.3, 0.4) is 0 Å². The highest BCUT2D eigenvalue weighted by molar-refractivity contribution is 7.99. The van der Waals surface area contributed by atoms with Crippen molar-refractivity contribution in [3.8, 4) is 0 Å². The van der Waals surface area contributed by atoms with Crippen molar-refractivity contribution in [2.24, 2.45) is 0 Å². The molecule has 0 amide bonds. The van der Waals surface area contributed by atoms with Crippen LogP contribution in [0.5, 0.6) is 0 Å². The highest BCUT2D eigenvalue weighted by Gasteiger charge is 2.15. The highest BCUT2D eigenvalue weighted by Crippen LogP contribution is 2.28. The monoisotopic (exact) mass is 249 g/mol. The lowest BCUT2D eigenvalue weighted by atomic mass is 10.1. The molecule has 2 nitrogen and oxygen atoms in total. The quantitative estimate of drug-likeness (QED) is 0.830. The fraction of sp³-hybridized carbons (Fsp3) is 0.571. The first kappa shape index (κ1) is 11.6. The molecule has 0 aromatic heterocycles. The molecule has 0 saturated carbocycles. The van der Waals surface area contributed by atoms with Crippen molar-refractivity contribution in [2.45, 2.75) is 30.3 Å². The van der Waals surface area contributed by atoms with E-state index in [0.717, 1.165) is 25.4 Å². The number of aryl methyl sites for hydroxylation is 2. The largest absolute Gasteiger partial charge is 0.375 e. The number of benzene rings is 1. The highest BCUT2D eigenvalue weighted by atomic mass is 32.2. The Bertz CT molecular complexity index is 388. The number of ether oxygens (including phenoxy) is 1. The van der Waals surface area contributed by atoms with Gasteiger partial charge in [-0.1, -0.05) is 6.07 Å². The summed E-state index contributed by atoms with van der Waals surface area (Å²) in [6.07, 6.45) is 4.25. The molecule has 1 aliphatic heterocycles. The number of rotatable bonds is 3. The average Bonchev–Trinajstić information content (AvgIpc) is 2.85. The molecule has 1 aromatic rings. The van der Waals surface area contributed by atoms with Crippen LogP contribution in [0.1, 0.15) is 17.5 Å². The van der Waals surface area contributed by atoms with Crippen molar-refractivity contribution in [1.29, 1.82) is 0 Å². The molecule has 1 aromatic carbocycles. The van der Waals surface area contributed by atoms with Crippen molar-refractivity contribution >= 4 is 11.8 Å². The number of thioether (sulfide) groups is 1. The van der Waals surface area contributed by atoms with Gasteiger partial charge in [0.15, 0.2) is 0 Å². The molecule has 0 bridgehead atoms. The summed E-state index contributed by atoms with van der Waals surface area (Å²) in [7, 11) is 0. The second-order valence-corrected chi connectivity index (χ2v) is 5.89. The second-order valence-electron chi connectivity index (χ2n) is 4.79. The number of fused-ring (bicyclic) bond motifs is 1. The van der Waals surface area contributed by atoms with E-state index in [0.29, 0.717) is 6.10 Å². The van der Waals surface area contributed by atoms with Crippen LogP contribution >= 0.6 is 11.8 Å². The molecule has 1 saturated heterocycles. The molecule has 2 aliphatic rings. The molecular weight excluding hydrogens is 230 g/mol. The van der Waals surface area contributed by atoms with Crippen LogP contribution in [0.25, 0.3) is 0 Å². The summed E-state index contributed by atoms with van der Waals surface area (Å²) in [6, 6.07) is 6.96. The molecule has 3 rings (SSSR count). The average molecular weight is 249 g/mol. The molecule has 0 spiro atoms. The topological polar surface area (TPSA) is 21.3 Å². The second kappa shape index (κ2) is 5.42. The first-order valence-electron chi connectivity index (χ1n) is 6.49. The van der Waals surface area contributed by atoms with E-state index >= 15 is 0 Å². The minimum Gasteiger partial charge on any atom is -0.375 e. The summed E-state index contributed by atoms with van der Waals surface area (Å²) >= 11 is 1.93. The molecule has 1 atom stereocenters. The minimum atomic E-state index is 0.377. The predicted molar refractivity (Wildman–Crippen MR) is 71.8 cm³/mol. The van der Waals surface area contributed by atoms with Gasteiger partial charge in [0, 0.05) is 23.7 Å². The maximum absolute atomic E-state index is 5.71. The summed E-state index contributed by atoms with van der Waals surface area (Å²) in [5, 5.41) is 3.37. The van der Waals surface area contributed by atoms with E-state index in [1.807, 2.05) is 11.8 Å². The van der Waals surface area contributed by atoms with Gasteiger partial charge in [0.25, 0.3) is 0 Å². The lowest BCUT2D eigenvalue weighted by Gasteiger charge is -2.23. The zero-order valence-electron chi connectivity index (χ0n) is 10.1. The van der Waals surface area contributed by atoms with E-state index in [9.17, 15) is 0 Å². The van der Waals surface area contributed by atoms with Gasteiger partial charge >= 0.3 is 0 Å². The van der Waals surface area contributed by atoms with Crippen molar-refractivity contribution in [3.05, 3.63) is 29.3 Å². The van der Waals surface area contributed by atoms with Crippen molar-refractivity contribution < 1.29 is 4.74 Å². The van der Waals surface area contributed by atoms with Gasteiger partial charge in [-0.3, -0.25) is 0 Å². The third-order valence-electron chi connectivity index (χ3n) is 3.51. The van der Waals surface area contributed by atoms with E-state index in [4.69, 9.17) is 4.74 Å². The van der Waals surface area contributed by atoms with E-state index < -0.39 is 0 Å². The summed E-state index contributed by atoms with van der Waals surface area (Å²) < 4.78 is 5.71. The molecule has 1 heterocycles. The first-order chi connectivity index (χ1) is 8.42. The molecule has 1 fully saturated rings. The van der Waals surface area contributed by atoms with Gasteiger partial charge in [-0.15, -0.1) is 11.8 Å². The predicted octanol–water partition coefficient (Wildman–Crippen LogP) is 2.26. The van der Waals surface area contributed by atoms with Crippen LogP contribution < -0.4 is 5.32 Å². The van der Waals surface area contributed by atoms with Crippen LogP contribution in [-0.4, -0.2) is 31.6 Å². The SMILES string of the molecule is c1cc2c(cc1SCC1CNCCO1)CCC2. The van der Waals surface area contributed by atoms with E-state index in [2.05, 4.69) is 23.5 Å². The normalized spacial score (nSPS) is 23.6. The van der Waals surface area contributed by atoms with Crippen LogP contribution in [0.15, 0.2) is 23.1 Å². The van der Waals surface area contributed by atoms with Crippen molar-refractivity contribution in [3.63, 3.8) is 0 Å². The van der Waals surface area contributed by atoms with Crippen LogP contribution in [0, 0.1) is 0 Å². The Morgan fingerprint density at radius 3 is 3.12 bits per heavy atom. The number of nitrogens with one attached hydrogen (secondary N) is 1. The Balaban J connectivity index is 1.57.